The van der Waals surface area contributed by atoms with Gasteiger partial charge in [-0.2, -0.15) is 0 Å². The van der Waals surface area contributed by atoms with Gasteiger partial charge >= 0.3 is 27.6 Å². The molecule has 8 atom stereocenters. The van der Waals surface area contributed by atoms with Gasteiger partial charge in [-0.05, 0) is 83.0 Å². The van der Waals surface area contributed by atoms with Crippen LogP contribution in [-0.4, -0.2) is 104 Å². The number of aliphatic hydroxyl groups is 4. The summed E-state index contributed by atoms with van der Waals surface area (Å²) in [6.07, 6.45) is 36.7. The average Bonchev–Trinajstić information content (AvgIpc) is 3.54. The minimum absolute atomic E-state index is 0.00593. The van der Waals surface area contributed by atoms with E-state index in [1.54, 1.807) is 6.08 Å². The fourth-order valence-electron chi connectivity index (χ4n) is 6.72. The summed E-state index contributed by atoms with van der Waals surface area (Å²) in [7, 11) is -9.79. The first-order valence-corrected chi connectivity index (χ1v) is 26.6. The van der Waals surface area contributed by atoms with Crippen LogP contribution >= 0.6 is 15.6 Å². The number of unbranched alkanes of at least 4 members (excludes halogenated alkanes) is 6. The van der Waals surface area contributed by atoms with Gasteiger partial charge in [0.1, 0.15) is 12.7 Å². The van der Waals surface area contributed by atoms with Gasteiger partial charge in [-0.15, -0.1) is 0 Å². The maximum Gasteiger partial charge on any atom is 0.472 e. The number of hydrogen-bond acceptors (Lipinski definition) is 13. The highest BCUT2D eigenvalue weighted by Crippen LogP contribution is 2.44. The number of aliphatic hydroxyl groups excluding tert-OH is 4. The molecule has 1 aliphatic rings. The second-order valence-electron chi connectivity index (χ2n) is 16.3. The third-order valence-electron chi connectivity index (χ3n) is 10.3. The fraction of sp³-hybridized carbons (Fsp3) is 0.667. The van der Waals surface area contributed by atoms with E-state index in [-0.39, 0.29) is 31.1 Å². The summed E-state index contributed by atoms with van der Waals surface area (Å²) >= 11 is 0. The van der Waals surface area contributed by atoms with Crippen LogP contribution in [0.5, 0.6) is 0 Å². The van der Waals surface area contributed by atoms with Gasteiger partial charge < -0.3 is 44.6 Å². The number of esters is 2. The summed E-state index contributed by atoms with van der Waals surface area (Å²) in [4.78, 5) is 53.0. The Labute approximate surface area is 393 Å². The molecule has 1 fully saturated rings. The molecule has 18 heteroatoms. The van der Waals surface area contributed by atoms with E-state index in [9.17, 15) is 44.0 Å². The van der Waals surface area contributed by atoms with Crippen molar-refractivity contribution in [3.05, 3.63) is 85.1 Å². The van der Waals surface area contributed by atoms with Crippen molar-refractivity contribution in [3.8, 4) is 0 Å². The number of phosphoric acid groups is 2. The van der Waals surface area contributed by atoms with E-state index in [0.717, 1.165) is 70.6 Å². The van der Waals surface area contributed by atoms with Gasteiger partial charge in [-0.25, -0.2) is 9.13 Å². The Bertz CT molecular complexity index is 1600. The minimum atomic E-state index is -4.90. The van der Waals surface area contributed by atoms with E-state index in [1.165, 1.54) is 0 Å². The van der Waals surface area contributed by atoms with Crippen LogP contribution < -0.4 is 0 Å². The van der Waals surface area contributed by atoms with Crippen molar-refractivity contribution in [2.45, 2.75) is 166 Å². The number of carbonyl (C=O) groups is 2. The molecule has 0 aromatic carbocycles. The lowest BCUT2D eigenvalue weighted by molar-refractivity contribution is -0.161. The Hall–Kier alpha value is -2.82. The van der Waals surface area contributed by atoms with Crippen molar-refractivity contribution in [3.63, 3.8) is 0 Å². The topological polar surface area (TPSA) is 256 Å². The normalized spacial score (nSPS) is 20.8. The van der Waals surface area contributed by atoms with Crippen LogP contribution in [0, 0.1) is 11.8 Å². The predicted octanol–water partition coefficient (Wildman–Crippen LogP) is 8.72. The van der Waals surface area contributed by atoms with Crippen LogP contribution in [0.3, 0.4) is 0 Å². The van der Waals surface area contributed by atoms with E-state index in [0.29, 0.717) is 32.1 Å². The predicted molar refractivity (Wildman–Crippen MR) is 255 cm³/mol. The van der Waals surface area contributed by atoms with Crippen molar-refractivity contribution < 1.29 is 76.9 Å². The second-order valence-corrected chi connectivity index (χ2v) is 19.0. The van der Waals surface area contributed by atoms with Gasteiger partial charge in [0.2, 0.25) is 0 Å². The molecule has 66 heavy (non-hydrogen) atoms. The van der Waals surface area contributed by atoms with E-state index in [1.807, 2.05) is 18.2 Å². The van der Waals surface area contributed by atoms with Gasteiger partial charge in [-0.1, -0.05) is 125 Å². The number of allylic oxidation sites excluding steroid dienone is 12. The molecule has 0 heterocycles. The molecule has 1 rings (SSSR count). The first kappa shape index (κ1) is 61.2. The first-order chi connectivity index (χ1) is 31.6. The molecule has 7 N–H and O–H groups in total. The standard InChI is InChI=1S/C48H80O16P2/c1-3-5-7-8-9-10-11-12-13-14-15-16-17-18-19-20-21-22-28-32-48(54)64-42(39-63-66(58,59)62-37-41(50)36-61-65(55,56)57)38-60-47(53)31-27-24-23-26-30-43-44(46(52)35-45(43)51)34-33-40(49)29-25-6-4-2/h5,7,9-10,12-13,15-16,18-19,23,26,33-34,40-46,49-52H,3-4,6,8,11,14,17,20-22,24-25,27-32,35-39H2,1-2H3,(H,58,59)(H2,55,56,57)/b7-5-,10-9-,13-12-,16-15-,19-18-,26-23+,34-33+/t40-,41-,42+,43+,44+,45-,46+/m0/s1. The Kier molecular flexibility index (Phi) is 35.3. The fourth-order valence-corrected chi connectivity index (χ4v) is 7.88. The summed E-state index contributed by atoms with van der Waals surface area (Å²) in [6, 6.07) is 0. The highest BCUT2D eigenvalue weighted by Gasteiger charge is 2.39. The van der Waals surface area contributed by atoms with Gasteiger partial charge in [0, 0.05) is 25.2 Å². The third kappa shape index (κ3) is 34.5. The van der Waals surface area contributed by atoms with E-state index in [2.05, 4.69) is 83.7 Å². The first-order valence-electron chi connectivity index (χ1n) is 23.5. The SMILES string of the molecule is CC/C=C\C/C=C\C/C=C\C/C=C\C/C=C\CCCCCC(=O)O[C@H](COC(=O)CCC/C=C/C[C@@H]1[C@@H](/C=C/[C@@H](O)CCCCC)[C@H](O)C[C@@H]1O)COP(=O)(O)OC[C@@H](O)COP(=O)(O)O. The van der Waals surface area contributed by atoms with Crippen molar-refractivity contribution >= 4 is 27.6 Å². The molecule has 1 saturated carbocycles. The number of hydrogen-bond donors (Lipinski definition) is 7. The lowest BCUT2D eigenvalue weighted by atomic mass is 9.89. The van der Waals surface area contributed by atoms with Crippen LogP contribution in [0.25, 0.3) is 0 Å². The highest BCUT2D eigenvalue weighted by molar-refractivity contribution is 7.47. The van der Waals surface area contributed by atoms with Crippen molar-refractivity contribution in [2.24, 2.45) is 11.8 Å². The molecular weight excluding hydrogens is 894 g/mol. The van der Waals surface area contributed by atoms with Crippen molar-refractivity contribution in [1.82, 2.24) is 0 Å². The van der Waals surface area contributed by atoms with E-state index >= 15 is 0 Å². The van der Waals surface area contributed by atoms with Gasteiger partial charge in [0.25, 0.3) is 0 Å². The van der Waals surface area contributed by atoms with Crippen LogP contribution in [0.1, 0.15) is 136 Å². The molecule has 378 valence electrons. The van der Waals surface area contributed by atoms with Crippen molar-refractivity contribution in [1.29, 1.82) is 0 Å². The Morgan fingerprint density at radius 2 is 1.21 bits per heavy atom. The number of carbonyl (C=O) groups excluding carboxylic acids is 2. The maximum absolute atomic E-state index is 12.7. The van der Waals surface area contributed by atoms with Gasteiger partial charge in [-0.3, -0.25) is 23.2 Å². The van der Waals surface area contributed by atoms with Gasteiger partial charge in [0.05, 0.1) is 38.1 Å². The molecular formula is C48H80O16P2. The van der Waals surface area contributed by atoms with Crippen LogP contribution in [0.2, 0.25) is 0 Å². The molecule has 0 aliphatic heterocycles. The summed E-state index contributed by atoms with van der Waals surface area (Å²) in [5.41, 5.74) is 0. The van der Waals surface area contributed by atoms with E-state index in [4.69, 9.17) is 23.8 Å². The number of phosphoric ester groups is 2. The molecule has 0 saturated heterocycles. The molecule has 0 amide bonds. The summed E-state index contributed by atoms with van der Waals surface area (Å²) in [6.45, 7) is 1.22. The third-order valence-corrected chi connectivity index (χ3v) is 11.8. The molecule has 0 aromatic rings. The van der Waals surface area contributed by atoms with Crippen LogP contribution in [0.15, 0.2) is 85.1 Å². The zero-order valence-corrected chi connectivity index (χ0v) is 40.9. The maximum atomic E-state index is 12.7. The average molecular weight is 975 g/mol. The van der Waals surface area contributed by atoms with Gasteiger partial charge in [0.15, 0.2) is 6.10 Å². The number of ether oxygens (including phenoxy) is 2. The molecule has 0 bridgehead atoms. The Balaban J connectivity index is 2.57. The lowest BCUT2D eigenvalue weighted by Crippen LogP contribution is -2.30. The summed E-state index contributed by atoms with van der Waals surface area (Å²) in [5, 5.41) is 41.1. The second kappa shape index (κ2) is 38.1. The number of rotatable bonds is 39. The molecule has 1 aliphatic carbocycles. The zero-order chi connectivity index (χ0) is 48.9. The highest BCUT2D eigenvalue weighted by atomic mass is 31.2. The molecule has 1 unspecified atom stereocenters. The Morgan fingerprint density at radius 1 is 0.636 bits per heavy atom. The summed E-state index contributed by atoms with van der Waals surface area (Å²) in [5.74, 6) is -1.77. The molecule has 16 nitrogen and oxygen atoms in total. The zero-order valence-electron chi connectivity index (χ0n) is 39.1. The van der Waals surface area contributed by atoms with Crippen LogP contribution in [0.4, 0.5) is 0 Å². The smallest absolute Gasteiger partial charge is 0.462 e. The largest absolute Gasteiger partial charge is 0.472 e. The quantitative estimate of drug-likeness (QED) is 0.0132. The minimum Gasteiger partial charge on any atom is -0.462 e. The van der Waals surface area contributed by atoms with Crippen LogP contribution in [-0.2, 0) is 41.8 Å². The molecule has 0 radical (unpaired) electrons. The molecule has 0 spiro atoms. The van der Waals surface area contributed by atoms with E-state index < -0.39 is 84.5 Å². The summed E-state index contributed by atoms with van der Waals surface area (Å²) < 4.78 is 47.8. The Morgan fingerprint density at radius 3 is 1.85 bits per heavy atom. The monoisotopic (exact) mass is 974 g/mol. The van der Waals surface area contributed by atoms with Crippen molar-refractivity contribution in [2.75, 3.05) is 26.4 Å². The molecule has 0 aromatic heterocycles. The lowest BCUT2D eigenvalue weighted by Gasteiger charge is -2.20.